The van der Waals surface area contributed by atoms with Gasteiger partial charge >= 0.3 is 6.03 Å². The summed E-state index contributed by atoms with van der Waals surface area (Å²) in [7, 11) is 0. The van der Waals surface area contributed by atoms with Gasteiger partial charge < -0.3 is 14.7 Å². The maximum atomic E-state index is 13.2. The van der Waals surface area contributed by atoms with Crippen LogP contribution in [0.3, 0.4) is 0 Å². The summed E-state index contributed by atoms with van der Waals surface area (Å²) < 4.78 is 0. The molecule has 0 aliphatic carbocycles. The Morgan fingerprint density at radius 2 is 1.72 bits per heavy atom. The van der Waals surface area contributed by atoms with Gasteiger partial charge in [-0.2, -0.15) is 0 Å². The van der Waals surface area contributed by atoms with Crippen LogP contribution in [0.25, 0.3) is 0 Å². The quantitative estimate of drug-likeness (QED) is 0.788. The lowest BCUT2D eigenvalue weighted by molar-refractivity contribution is -0.124. The highest BCUT2D eigenvalue weighted by atomic mass is 16.2. The van der Waals surface area contributed by atoms with Crippen molar-refractivity contribution in [1.29, 1.82) is 0 Å². The van der Waals surface area contributed by atoms with Gasteiger partial charge in [0.15, 0.2) is 0 Å². The highest BCUT2D eigenvalue weighted by molar-refractivity contribution is 5.98. The molecule has 4 rings (SSSR count). The van der Waals surface area contributed by atoms with Crippen molar-refractivity contribution < 1.29 is 9.59 Å². The zero-order valence-corrected chi connectivity index (χ0v) is 15.0. The number of nitrogens with zero attached hydrogens (tertiary/aromatic N) is 3. The van der Waals surface area contributed by atoms with Gasteiger partial charge in [-0.15, -0.1) is 0 Å². The van der Waals surface area contributed by atoms with Crippen molar-refractivity contribution in [2.45, 2.75) is 45.1 Å². The van der Waals surface area contributed by atoms with Gasteiger partial charge in [0.2, 0.25) is 5.91 Å². The molecule has 2 saturated heterocycles. The summed E-state index contributed by atoms with van der Waals surface area (Å²) in [5.74, 6) is 0.116. The fraction of sp³-hybridized carbons (Fsp3) is 0.600. The van der Waals surface area contributed by atoms with Crippen LogP contribution in [0.2, 0.25) is 0 Å². The molecule has 3 aliphatic heterocycles. The van der Waals surface area contributed by atoms with Gasteiger partial charge in [0.25, 0.3) is 0 Å². The number of para-hydroxylation sites is 1. The number of likely N-dealkylation sites (tertiary alicyclic amines) is 2. The predicted molar refractivity (Wildman–Crippen MR) is 97.6 cm³/mol. The van der Waals surface area contributed by atoms with E-state index in [1.165, 1.54) is 5.56 Å². The Morgan fingerprint density at radius 3 is 2.52 bits per heavy atom. The fourth-order valence-corrected chi connectivity index (χ4v) is 4.56. The molecule has 0 N–H and O–H groups in total. The summed E-state index contributed by atoms with van der Waals surface area (Å²) in [5, 5.41) is 0. The zero-order chi connectivity index (χ0) is 17.4. The molecule has 0 bridgehead atoms. The predicted octanol–water partition coefficient (Wildman–Crippen LogP) is 2.89. The van der Waals surface area contributed by atoms with Gasteiger partial charge in [-0.1, -0.05) is 18.2 Å². The number of amides is 3. The van der Waals surface area contributed by atoms with Crippen molar-refractivity contribution in [3.8, 4) is 0 Å². The third kappa shape index (κ3) is 3.00. The number of urea groups is 1. The first-order valence-corrected chi connectivity index (χ1v) is 9.60. The highest BCUT2D eigenvalue weighted by Gasteiger charge is 2.38. The summed E-state index contributed by atoms with van der Waals surface area (Å²) in [5.41, 5.74) is 2.31. The Labute approximate surface area is 149 Å². The van der Waals surface area contributed by atoms with Crippen LogP contribution in [0.4, 0.5) is 10.5 Å². The molecule has 0 spiro atoms. The second-order valence-electron chi connectivity index (χ2n) is 7.65. The van der Waals surface area contributed by atoms with Crippen molar-refractivity contribution in [1.82, 2.24) is 9.80 Å². The number of fused-ring (bicyclic) bond motifs is 1. The number of rotatable bonds is 1. The monoisotopic (exact) mass is 341 g/mol. The Morgan fingerprint density at radius 1 is 1.00 bits per heavy atom. The molecule has 3 amide bonds. The van der Waals surface area contributed by atoms with E-state index in [1.54, 1.807) is 0 Å². The first-order chi connectivity index (χ1) is 12.1. The first kappa shape index (κ1) is 16.4. The van der Waals surface area contributed by atoms with E-state index in [-0.39, 0.29) is 23.9 Å². The fourth-order valence-electron chi connectivity index (χ4n) is 4.56. The molecule has 0 aromatic heterocycles. The lowest BCUT2D eigenvalue weighted by Gasteiger charge is -2.37. The number of piperidine rings is 1. The van der Waals surface area contributed by atoms with Crippen molar-refractivity contribution in [2.24, 2.45) is 5.92 Å². The lowest BCUT2D eigenvalue weighted by Crippen LogP contribution is -2.51. The molecule has 2 fully saturated rings. The Hall–Kier alpha value is -2.04. The van der Waals surface area contributed by atoms with E-state index in [0.29, 0.717) is 6.54 Å². The number of benzene rings is 1. The summed E-state index contributed by atoms with van der Waals surface area (Å²) >= 11 is 0. The van der Waals surface area contributed by atoms with Gasteiger partial charge in [0.05, 0.1) is 5.92 Å². The molecule has 0 radical (unpaired) electrons. The summed E-state index contributed by atoms with van der Waals surface area (Å²) in [4.78, 5) is 31.7. The van der Waals surface area contributed by atoms with E-state index >= 15 is 0 Å². The van der Waals surface area contributed by atoms with Crippen LogP contribution in [-0.4, -0.2) is 54.0 Å². The van der Waals surface area contributed by atoms with Gasteiger partial charge in [-0.3, -0.25) is 4.79 Å². The van der Waals surface area contributed by atoms with Crippen molar-refractivity contribution in [3.05, 3.63) is 29.8 Å². The van der Waals surface area contributed by atoms with Gasteiger partial charge in [0, 0.05) is 37.9 Å². The Balaban J connectivity index is 1.48. The van der Waals surface area contributed by atoms with Crippen LogP contribution in [0, 0.1) is 5.92 Å². The molecule has 0 saturated carbocycles. The maximum absolute atomic E-state index is 13.2. The summed E-state index contributed by atoms with van der Waals surface area (Å²) in [6.45, 7) is 5.20. The van der Waals surface area contributed by atoms with Gasteiger partial charge in [-0.05, 0) is 50.7 Å². The Kier molecular flexibility index (Phi) is 4.40. The molecule has 0 unspecified atom stereocenters. The molecule has 134 valence electrons. The molecular formula is C20H27N3O2. The SMILES string of the molecule is C[C@H]1Cc2ccccc2N1C(=O)[C@H]1CCCN(C(=O)N2CCCC2)C1. The van der Waals surface area contributed by atoms with E-state index in [1.807, 2.05) is 32.9 Å². The smallest absolute Gasteiger partial charge is 0.320 e. The zero-order valence-electron chi connectivity index (χ0n) is 15.0. The number of hydrogen-bond donors (Lipinski definition) is 0. The van der Waals surface area contributed by atoms with Crippen LogP contribution in [-0.2, 0) is 11.2 Å². The first-order valence-electron chi connectivity index (χ1n) is 9.60. The van der Waals surface area contributed by atoms with Crippen LogP contribution < -0.4 is 4.90 Å². The Bertz CT molecular complexity index is 669. The van der Waals surface area contributed by atoms with E-state index in [2.05, 4.69) is 13.0 Å². The third-order valence-electron chi connectivity index (χ3n) is 5.86. The number of hydrogen-bond acceptors (Lipinski definition) is 2. The van der Waals surface area contributed by atoms with E-state index in [4.69, 9.17) is 0 Å². The molecule has 5 heteroatoms. The van der Waals surface area contributed by atoms with Gasteiger partial charge in [-0.25, -0.2) is 4.79 Å². The normalized spacial score (nSPS) is 26.0. The van der Waals surface area contributed by atoms with Crippen LogP contribution in [0.15, 0.2) is 24.3 Å². The average molecular weight is 341 g/mol. The lowest BCUT2D eigenvalue weighted by atomic mass is 9.96. The highest BCUT2D eigenvalue weighted by Crippen LogP contribution is 2.34. The van der Waals surface area contributed by atoms with E-state index in [9.17, 15) is 9.59 Å². The minimum Gasteiger partial charge on any atom is -0.325 e. The van der Waals surface area contributed by atoms with Crippen LogP contribution in [0.5, 0.6) is 0 Å². The molecule has 3 heterocycles. The standard InChI is InChI=1S/C20H27N3O2/c1-15-13-16-7-2-3-9-18(16)23(15)19(24)17-8-6-12-22(14-17)20(25)21-10-4-5-11-21/h2-3,7,9,15,17H,4-6,8,10-14H2,1H3/t15-,17-/m0/s1. The van der Waals surface area contributed by atoms with Crippen LogP contribution >= 0.6 is 0 Å². The molecular weight excluding hydrogens is 314 g/mol. The van der Waals surface area contributed by atoms with Gasteiger partial charge in [0.1, 0.15) is 0 Å². The number of carbonyl (C=O) groups excluding carboxylic acids is 2. The second-order valence-corrected chi connectivity index (χ2v) is 7.65. The molecule has 5 nitrogen and oxygen atoms in total. The second kappa shape index (κ2) is 6.70. The van der Waals surface area contributed by atoms with Crippen molar-refractivity contribution in [2.75, 3.05) is 31.1 Å². The largest absolute Gasteiger partial charge is 0.325 e. The average Bonchev–Trinajstić information content (AvgIpc) is 3.27. The molecule has 3 aliphatic rings. The van der Waals surface area contributed by atoms with E-state index < -0.39 is 0 Å². The third-order valence-corrected chi connectivity index (χ3v) is 5.86. The molecule has 25 heavy (non-hydrogen) atoms. The number of carbonyl (C=O) groups is 2. The molecule has 1 aromatic rings. The van der Waals surface area contributed by atoms with E-state index in [0.717, 1.165) is 57.4 Å². The van der Waals surface area contributed by atoms with Crippen LogP contribution in [0.1, 0.15) is 38.2 Å². The molecule has 1 aromatic carbocycles. The van der Waals surface area contributed by atoms with Crippen molar-refractivity contribution in [3.63, 3.8) is 0 Å². The van der Waals surface area contributed by atoms with Crippen molar-refractivity contribution >= 4 is 17.6 Å². The topological polar surface area (TPSA) is 43.9 Å². The maximum Gasteiger partial charge on any atom is 0.320 e. The number of anilines is 1. The minimum atomic E-state index is -0.0751. The minimum absolute atomic E-state index is 0.0751. The molecule has 2 atom stereocenters. The summed E-state index contributed by atoms with van der Waals surface area (Å²) in [6, 6.07) is 8.53. The summed E-state index contributed by atoms with van der Waals surface area (Å²) in [6.07, 6.45) is 4.92.